The molecule has 0 radical (unpaired) electrons. The highest BCUT2D eigenvalue weighted by molar-refractivity contribution is 9.10. The Morgan fingerprint density at radius 1 is 1.40 bits per heavy atom. The zero-order valence-electron chi connectivity index (χ0n) is 7.12. The second kappa shape index (κ2) is 3.82. The van der Waals surface area contributed by atoms with Crippen LogP contribution in [-0.4, -0.2) is 15.1 Å². The van der Waals surface area contributed by atoms with Gasteiger partial charge in [0.05, 0.1) is 0 Å². The molecule has 0 atom stereocenters. The first-order valence-corrected chi connectivity index (χ1v) is 5.41. The lowest BCUT2D eigenvalue weighted by Gasteiger charge is -1.98. The zero-order chi connectivity index (χ0) is 11.0. The lowest BCUT2D eigenvalue weighted by atomic mass is 10.4. The van der Waals surface area contributed by atoms with Crippen molar-refractivity contribution in [2.24, 2.45) is 0 Å². The van der Waals surface area contributed by atoms with E-state index < -0.39 is 5.56 Å². The van der Waals surface area contributed by atoms with E-state index in [0.717, 1.165) is 0 Å². The SMILES string of the molecule is O=c1[nH]c(-c2ccc(Br)o2)nc(O)c1Br. The van der Waals surface area contributed by atoms with Crippen molar-refractivity contribution in [2.45, 2.75) is 0 Å². The lowest BCUT2D eigenvalue weighted by molar-refractivity contribution is 0.446. The highest BCUT2D eigenvalue weighted by Crippen LogP contribution is 2.24. The fraction of sp³-hybridized carbons (Fsp3) is 0. The molecule has 7 heteroatoms. The minimum atomic E-state index is -0.468. The Morgan fingerprint density at radius 2 is 2.13 bits per heavy atom. The number of aromatic nitrogens is 2. The molecule has 2 aromatic heterocycles. The molecule has 5 nitrogen and oxygen atoms in total. The molecule has 0 spiro atoms. The van der Waals surface area contributed by atoms with E-state index in [1.54, 1.807) is 12.1 Å². The average molecular weight is 336 g/mol. The van der Waals surface area contributed by atoms with Crippen molar-refractivity contribution in [1.29, 1.82) is 0 Å². The Bertz CT molecular complexity index is 561. The van der Waals surface area contributed by atoms with Crippen molar-refractivity contribution in [3.63, 3.8) is 0 Å². The van der Waals surface area contributed by atoms with Crippen LogP contribution in [0, 0.1) is 0 Å². The minimum absolute atomic E-state index is 0.00290. The summed E-state index contributed by atoms with van der Waals surface area (Å²) in [5.41, 5.74) is -0.468. The van der Waals surface area contributed by atoms with Crippen LogP contribution in [0.25, 0.3) is 11.6 Å². The molecule has 0 bridgehead atoms. The van der Waals surface area contributed by atoms with Gasteiger partial charge >= 0.3 is 0 Å². The van der Waals surface area contributed by atoms with E-state index in [1.807, 2.05) is 0 Å². The molecule has 0 amide bonds. The van der Waals surface area contributed by atoms with Crippen LogP contribution in [0.4, 0.5) is 0 Å². The summed E-state index contributed by atoms with van der Waals surface area (Å²) in [6.07, 6.45) is 0. The van der Waals surface area contributed by atoms with Crippen LogP contribution < -0.4 is 5.56 Å². The Labute approximate surface area is 100 Å². The van der Waals surface area contributed by atoms with Crippen molar-refractivity contribution in [2.75, 3.05) is 0 Å². The highest BCUT2D eigenvalue weighted by Gasteiger charge is 2.11. The average Bonchev–Trinajstić information content (AvgIpc) is 2.60. The summed E-state index contributed by atoms with van der Waals surface area (Å²) in [4.78, 5) is 17.5. The number of hydrogen-bond acceptors (Lipinski definition) is 4. The van der Waals surface area contributed by atoms with Gasteiger partial charge in [0.25, 0.3) is 5.56 Å². The second-order valence-electron chi connectivity index (χ2n) is 2.66. The molecule has 2 heterocycles. The van der Waals surface area contributed by atoms with Gasteiger partial charge in [-0.15, -0.1) is 0 Å². The summed E-state index contributed by atoms with van der Waals surface area (Å²) in [7, 11) is 0. The van der Waals surface area contributed by atoms with E-state index in [0.29, 0.717) is 10.4 Å². The van der Waals surface area contributed by atoms with Gasteiger partial charge in [-0.1, -0.05) is 0 Å². The summed E-state index contributed by atoms with van der Waals surface area (Å²) in [5.74, 6) is 0.162. The fourth-order valence-electron chi connectivity index (χ4n) is 1.01. The topological polar surface area (TPSA) is 79.1 Å². The Morgan fingerprint density at radius 3 is 2.67 bits per heavy atom. The molecule has 2 rings (SSSR count). The van der Waals surface area contributed by atoms with Gasteiger partial charge in [-0.3, -0.25) is 4.79 Å². The van der Waals surface area contributed by atoms with Gasteiger partial charge in [0.15, 0.2) is 16.3 Å². The van der Waals surface area contributed by atoms with Crippen LogP contribution in [0.5, 0.6) is 5.88 Å². The number of nitrogens with one attached hydrogen (secondary N) is 1. The molecule has 78 valence electrons. The van der Waals surface area contributed by atoms with Crippen molar-refractivity contribution in [3.8, 4) is 17.5 Å². The summed E-state index contributed by atoms with van der Waals surface area (Å²) < 4.78 is 5.69. The van der Waals surface area contributed by atoms with Crippen molar-refractivity contribution in [1.82, 2.24) is 9.97 Å². The quantitative estimate of drug-likeness (QED) is 0.837. The Hall–Kier alpha value is -1.08. The molecule has 15 heavy (non-hydrogen) atoms. The van der Waals surface area contributed by atoms with Gasteiger partial charge in [0.2, 0.25) is 5.88 Å². The van der Waals surface area contributed by atoms with Crippen LogP contribution in [0.15, 0.2) is 30.5 Å². The van der Waals surface area contributed by atoms with E-state index in [1.165, 1.54) is 0 Å². The number of rotatable bonds is 1. The molecule has 0 aliphatic carbocycles. The van der Waals surface area contributed by atoms with E-state index in [9.17, 15) is 9.90 Å². The van der Waals surface area contributed by atoms with Crippen LogP contribution in [0.3, 0.4) is 0 Å². The summed E-state index contributed by atoms with van der Waals surface area (Å²) in [6.45, 7) is 0. The van der Waals surface area contributed by atoms with Gasteiger partial charge in [-0.05, 0) is 44.0 Å². The first-order valence-electron chi connectivity index (χ1n) is 3.82. The summed E-state index contributed by atoms with van der Waals surface area (Å²) in [6, 6.07) is 3.28. The largest absolute Gasteiger partial charge is 0.492 e. The molecular weight excluding hydrogens is 332 g/mol. The number of halogens is 2. The smallest absolute Gasteiger partial charge is 0.269 e. The van der Waals surface area contributed by atoms with Gasteiger partial charge in [-0.2, -0.15) is 4.98 Å². The molecule has 0 fully saturated rings. The maximum atomic E-state index is 11.3. The minimum Gasteiger partial charge on any atom is -0.492 e. The van der Waals surface area contributed by atoms with Crippen LogP contribution in [0.2, 0.25) is 0 Å². The first kappa shape index (κ1) is 10.4. The molecule has 0 saturated heterocycles. The van der Waals surface area contributed by atoms with Gasteiger partial charge in [0, 0.05) is 0 Å². The maximum Gasteiger partial charge on any atom is 0.269 e. The molecule has 2 aromatic rings. The van der Waals surface area contributed by atoms with E-state index in [-0.39, 0.29) is 16.2 Å². The predicted octanol–water partition coefficient (Wildman–Crippen LogP) is 2.26. The number of H-pyrrole nitrogens is 1. The first-order chi connectivity index (χ1) is 7.08. The van der Waals surface area contributed by atoms with Crippen LogP contribution in [-0.2, 0) is 0 Å². The van der Waals surface area contributed by atoms with E-state index in [2.05, 4.69) is 41.8 Å². The normalized spacial score (nSPS) is 10.5. The monoisotopic (exact) mass is 334 g/mol. The van der Waals surface area contributed by atoms with Crippen molar-refractivity contribution in [3.05, 3.63) is 31.6 Å². The van der Waals surface area contributed by atoms with Gasteiger partial charge in [0.1, 0.15) is 4.47 Å². The standard InChI is InChI=1S/C8H4Br2N2O3/c9-4-2-1-3(15-4)6-11-7(13)5(10)8(14)12-6/h1-2H,(H2,11,12,13,14). The van der Waals surface area contributed by atoms with Crippen LogP contribution in [0.1, 0.15) is 0 Å². The molecule has 0 aliphatic rings. The van der Waals surface area contributed by atoms with E-state index >= 15 is 0 Å². The maximum absolute atomic E-state index is 11.3. The molecule has 0 unspecified atom stereocenters. The Balaban J connectivity index is 2.60. The number of furan rings is 1. The summed E-state index contributed by atoms with van der Waals surface area (Å²) in [5, 5.41) is 9.32. The molecule has 0 aromatic carbocycles. The summed E-state index contributed by atoms with van der Waals surface area (Å²) >= 11 is 6.02. The number of aromatic amines is 1. The number of nitrogens with zero attached hydrogens (tertiary/aromatic N) is 1. The Kier molecular flexibility index (Phi) is 2.66. The third kappa shape index (κ3) is 1.98. The van der Waals surface area contributed by atoms with Gasteiger partial charge < -0.3 is 14.5 Å². The molecule has 0 saturated carbocycles. The molecular formula is C8H4Br2N2O3. The number of hydrogen-bond donors (Lipinski definition) is 2. The van der Waals surface area contributed by atoms with Crippen LogP contribution >= 0.6 is 31.9 Å². The predicted molar refractivity (Wildman–Crippen MR) is 59.6 cm³/mol. The van der Waals surface area contributed by atoms with Crippen molar-refractivity contribution >= 4 is 31.9 Å². The molecule has 2 N–H and O–H groups in total. The fourth-order valence-corrected chi connectivity index (χ4v) is 1.50. The highest BCUT2D eigenvalue weighted by atomic mass is 79.9. The number of aromatic hydroxyl groups is 1. The molecule has 0 aliphatic heterocycles. The van der Waals surface area contributed by atoms with E-state index in [4.69, 9.17) is 4.42 Å². The van der Waals surface area contributed by atoms with Crippen molar-refractivity contribution < 1.29 is 9.52 Å². The third-order valence-corrected chi connectivity index (χ3v) is 2.79. The van der Waals surface area contributed by atoms with Gasteiger partial charge in [-0.25, -0.2) is 0 Å². The lowest BCUT2D eigenvalue weighted by Crippen LogP contribution is -2.09. The zero-order valence-corrected chi connectivity index (χ0v) is 10.3. The second-order valence-corrected chi connectivity index (χ2v) is 4.23. The third-order valence-electron chi connectivity index (χ3n) is 1.65.